The van der Waals surface area contributed by atoms with Gasteiger partial charge < -0.3 is 10.1 Å². The Balaban J connectivity index is 1.80. The van der Waals surface area contributed by atoms with Gasteiger partial charge in [-0.3, -0.25) is 0 Å². The van der Waals surface area contributed by atoms with Crippen molar-refractivity contribution in [2.24, 2.45) is 0 Å². The van der Waals surface area contributed by atoms with Crippen LogP contribution in [-0.4, -0.2) is 12.1 Å². The lowest BCUT2D eigenvalue weighted by Crippen LogP contribution is -1.90. The van der Waals surface area contributed by atoms with E-state index in [1.54, 1.807) is 18.4 Å². The molecule has 2 aromatic carbocycles. The van der Waals surface area contributed by atoms with E-state index in [0.29, 0.717) is 0 Å². The molecule has 0 unspecified atom stereocenters. The highest BCUT2D eigenvalue weighted by Gasteiger charge is 2.05. The number of fused-ring (bicyclic) bond motifs is 1. The van der Waals surface area contributed by atoms with E-state index in [9.17, 15) is 0 Å². The Labute approximate surface area is 128 Å². The average Bonchev–Trinajstić information content (AvgIpc) is 2.90. The molecule has 0 atom stereocenters. The summed E-state index contributed by atoms with van der Waals surface area (Å²) in [4.78, 5) is 4.59. The van der Waals surface area contributed by atoms with Gasteiger partial charge in [-0.1, -0.05) is 36.8 Å². The quantitative estimate of drug-likeness (QED) is 0.719. The second-order valence-corrected chi connectivity index (χ2v) is 5.96. The number of aromatic nitrogens is 1. The first-order valence-electron chi connectivity index (χ1n) is 7.09. The fraction of sp³-hybridized carbons (Fsp3) is 0.235. The minimum atomic E-state index is 0.863. The molecule has 0 saturated heterocycles. The van der Waals surface area contributed by atoms with Crippen LogP contribution < -0.4 is 10.1 Å². The summed E-state index contributed by atoms with van der Waals surface area (Å²) in [7, 11) is 1.68. The molecule has 0 fully saturated rings. The van der Waals surface area contributed by atoms with E-state index in [0.717, 1.165) is 33.2 Å². The van der Waals surface area contributed by atoms with E-state index in [-0.39, 0.29) is 0 Å². The average molecular weight is 298 g/mol. The molecule has 0 spiro atoms. The lowest BCUT2D eigenvalue weighted by Gasteiger charge is -2.03. The number of benzene rings is 2. The SMILES string of the molecule is CCCc1ccc(Nc2nc3ccc(OC)cc3s2)cc1. The van der Waals surface area contributed by atoms with Crippen LogP contribution in [0.4, 0.5) is 10.8 Å². The molecule has 0 radical (unpaired) electrons. The fourth-order valence-electron chi connectivity index (χ4n) is 2.25. The van der Waals surface area contributed by atoms with E-state index < -0.39 is 0 Å². The topological polar surface area (TPSA) is 34.2 Å². The molecular formula is C17H18N2OS. The van der Waals surface area contributed by atoms with Crippen LogP contribution >= 0.6 is 11.3 Å². The molecule has 0 bridgehead atoms. The van der Waals surface area contributed by atoms with Crippen molar-refractivity contribution >= 4 is 32.4 Å². The first-order valence-corrected chi connectivity index (χ1v) is 7.90. The third-order valence-corrected chi connectivity index (χ3v) is 4.27. The summed E-state index contributed by atoms with van der Waals surface area (Å²) in [5, 5.41) is 4.27. The van der Waals surface area contributed by atoms with Crippen molar-refractivity contribution in [3.63, 3.8) is 0 Å². The highest BCUT2D eigenvalue weighted by Crippen LogP contribution is 2.30. The van der Waals surface area contributed by atoms with E-state index >= 15 is 0 Å². The van der Waals surface area contributed by atoms with Gasteiger partial charge in [0.2, 0.25) is 0 Å². The number of hydrogen-bond donors (Lipinski definition) is 1. The van der Waals surface area contributed by atoms with Gasteiger partial charge >= 0.3 is 0 Å². The maximum atomic E-state index is 5.24. The van der Waals surface area contributed by atoms with Crippen LogP contribution in [0.25, 0.3) is 10.2 Å². The maximum Gasteiger partial charge on any atom is 0.188 e. The van der Waals surface area contributed by atoms with Gasteiger partial charge in [0.25, 0.3) is 0 Å². The number of nitrogens with zero attached hydrogens (tertiary/aromatic N) is 1. The molecule has 21 heavy (non-hydrogen) atoms. The van der Waals surface area contributed by atoms with Crippen LogP contribution in [0.2, 0.25) is 0 Å². The van der Waals surface area contributed by atoms with Crippen LogP contribution in [0.5, 0.6) is 5.75 Å². The summed E-state index contributed by atoms with van der Waals surface area (Å²) in [5.41, 5.74) is 3.43. The smallest absolute Gasteiger partial charge is 0.188 e. The van der Waals surface area contributed by atoms with Gasteiger partial charge in [0.05, 0.1) is 17.3 Å². The molecule has 1 aromatic heterocycles. The Morgan fingerprint density at radius 1 is 1.14 bits per heavy atom. The first-order chi connectivity index (χ1) is 10.3. The van der Waals surface area contributed by atoms with E-state index in [2.05, 4.69) is 41.5 Å². The zero-order valence-corrected chi connectivity index (χ0v) is 13.0. The summed E-state index contributed by atoms with van der Waals surface area (Å²) in [5.74, 6) is 0.863. The molecule has 0 aliphatic rings. The van der Waals surface area contributed by atoms with Gasteiger partial charge in [-0.2, -0.15) is 0 Å². The highest BCUT2D eigenvalue weighted by molar-refractivity contribution is 7.22. The van der Waals surface area contributed by atoms with Gasteiger partial charge in [-0.05, 0) is 42.3 Å². The second kappa shape index (κ2) is 6.14. The number of nitrogens with one attached hydrogen (secondary N) is 1. The molecule has 0 aliphatic carbocycles. The minimum absolute atomic E-state index is 0.863. The van der Waals surface area contributed by atoms with Crippen LogP contribution in [0.15, 0.2) is 42.5 Å². The van der Waals surface area contributed by atoms with E-state index in [1.807, 2.05) is 18.2 Å². The number of thiazole rings is 1. The molecule has 1 N–H and O–H groups in total. The van der Waals surface area contributed by atoms with Gasteiger partial charge in [-0.25, -0.2) is 4.98 Å². The molecule has 3 nitrogen and oxygen atoms in total. The van der Waals surface area contributed by atoms with Crippen LogP contribution in [0.3, 0.4) is 0 Å². The van der Waals surface area contributed by atoms with Gasteiger partial charge in [0, 0.05) is 5.69 Å². The molecular weight excluding hydrogens is 280 g/mol. The van der Waals surface area contributed by atoms with Crippen molar-refractivity contribution in [3.05, 3.63) is 48.0 Å². The molecule has 0 saturated carbocycles. The fourth-order valence-corrected chi connectivity index (χ4v) is 3.17. The minimum Gasteiger partial charge on any atom is -0.497 e. The van der Waals surface area contributed by atoms with Gasteiger partial charge in [0.15, 0.2) is 5.13 Å². The number of rotatable bonds is 5. The summed E-state index contributed by atoms with van der Waals surface area (Å²) < 4.78 is 6.37. The summed E-state index contributed by atoms with van der Waals surface area (Å²) in [6.07, 6.45) is 2.30. The normalized spacial score (nSPS) is 10.8. The standard InChI is InChI=1S/C17H18N2OS/c1-3-4-12-5-7-13(8-6-12)18-17-19-15-10-9-14(20-2)11-16(15)21-17/h5-11H,3-4H2,1-2H3,(H,18,19). The number of anilines is 2. The Hall–Kier alpha value is -2.07. The third kappa shape index (κ3) is 3.16. The summed E-state index contributed by atoms with van der Waals surface area (Å²) in [6, 6.07) is 14.5. The highest BCUT2D eigenvalue weighted by atomic mass is 32.1. The Morgan fingerprint density at radius 3 is 2.67 bits per heavy atom. The van der Waals surface area contributed by atoms with Gasteiger partial charge in [0.1, 0.15) is 5.75 Å². The number of ether oxygens (including phenoxy) is 1. The predicted molar refractivity (Wildman–Crippen MR) is 89.9 cm³/mol. The zero-order valence-electron chi connectivity index (χ0n) is 12.2. The summed E-state index contributed by atoms with van der Waals surface area (Å²) in [6.45, 7) is 2.20. The monoisotopic (exact) mass is 298 g/mol. The second-order valence-electron chi connectivity index (χ2n) is 4.92. The molecule has 0 aliphatic heterocycles. The first kappa shape index (κ1) is 13.9. The van der Waals surface area contributed by atoms with Crippen LogP contribution in [0.1, 0.15) is 18.9 Å². The van der Waals surface area contributed by atoms with E-state index in [4.69, 9.17) is 4.74 Å². The van der Waals surface area contributed by atoms with Crippen molar-refractivity contribution in [2.45, 2.75) is 19.8 Å². The Kier molecular flexibility index (Phi) is 4.06. The Morgan fingerprint density at radius 2 is 1.95 bits per heavy atom. The van der Waals surface area contributed by atoms with Crippen molar-refractivity contribution in [1.82, 2.24) is 4.98 Å². The molecule has 0 amide bonds. The molecule has 3 rings (SSSR count). The van der Waals surface area contributed by atoms with Gasteiger partial charge in [-0.15, -0.1) is 0 Å². The van der Waals surface area contributed by atoms with Crippen molar-refractivity contribution in [3.8, 4) is 5.75 Å². The number of methoxy groups -OCH3 is 1. The van der Waals surface area contributed by atoms with E-state index in [1.165, 1.54) is 12.0 Å². The molecule has 108 valence electrons. The largest absolute Gasteiger partial charge is 0.497 e. The lowest BCUT2D eigenvalue weighted by atomic mass is 10.1. The predicted octanol–water partition coefficient (Wildman–Crippen LogP) is 5.00. The molecule has 4 heteroatoms. The molecule has 3 aromatic rings. The number of hydrogen-bond acceptors (Lipinski definition) is 4. The van der Waals surface area contributed by atoms with Crippen molar-refractivity contribution < 1.29 is 4.74 Å². The zero-order chi connectivity index (χ0) is 14.7. The van der Waals surface area contributed by atoms with Crippen LogP contribution in [0, 0.1) is 0 Å². The third-order valence-electron chi connectivity index (χ3n) is 3.34. The number of aryl methyl sites for hydroxylation is 1. The summed E-state index contributed by atoms with van der Waals surface area (Å²) >= 11 is 1.63. The van der Waals surface area contributed by atoms with Crippen molar-refractivity contribution in [2.75, 3.05) is 12.4 Å². The lowest BCUT2D eigenvalue weighted by molar-refractivity contribution is 0.415. The maximum absolute atomic E-state index is 5.24. The van der Waals surface area contributed by atoms with Crippen molar-refractivity contribution in [1.29, 1.82) is 0 Å². The molecule has 1 heterocycles. The van der Waals surface area contributed by atoms with Crippen LogP contribution in [-0.2, 0) is 6.42 Å². The Bertz CT molecular complexity index is 734.